The second-order valence-corrected chi connectivity index (χ2v) is 19.2. The van der Waals surface area contributed by atoms with E-state index in [9.17, 15) is 0 Å². The molecule has 2 heterocycles. The van der Waals surface area contributed by atoms with Crippen LogP contribution in [0.3, 0.4) is 0 Å². The number of thiophene rings is 1. The molecule has 0 saturated carbocycles. The molecule has 0 bridgehead atoms. The predicted octanol–water partition coefficient (Wildman–Crippen LogP) is 16.6. The van der Waals surface area contributed by atoms with E-state index in [1.165, 1.54) is 91.4 Å². The van der Waals surface area contributed by atoms with Crippen LogP contribution >= 0.6 is 11.3 Å². The SMILES string of the molecule is Cc1cccc2c1-c1ccc(-c3nc(-c4cccc(-c5ccc6ccc(-c7ccc8ccc9ccccc9c8c7)cc6c5)c4)nc(-c4ccc5c(c4)sc4ccccc45)n3)cc1C2(C)C. The first-order valence-corrected chi connectivity index (χ1v) is 23.1. The molecule has 306 valence electrons. The van der Waals surface area contributed by atoms with Gasteiger partial charge >= 0.3 is 0 Å². The second-order valence-electron chi connectivity index (χ2n) is 18.1. The molecule has 0 aliphatic heterocycles. The summed E-state index contributed by atoms with van der Waals surface area (Å²) in [6.45, 7) is 6.87. The highest BCUT2D eigenvalue weighted by molar-refractivity contribution is 7.25. The highest BCUT2D eigenvalue weighted by atomic mass is 32.1. The molecule has 10 aromatic carbocycles. The van der Waals surface area contributed by atoms with E-state index in [0.29, 0.717) is 17.5 Å². The standard InChI is InChI=1S/C61H41N3S/c1-36-10-8-16-53-57(36)51-29-27-45(34-54(51)61(53,2)3)59-62-58(63-60(64-59)46-26-28-50-49-15-6-7-17-55(49)65-56(50)35-46)44-13-9-12-40(30-44)41-23-18-37-19-24-42(32-47(37)31-41)43-25-22-39-21-20-38-11-4-5-14-48(38)52(39)33-43/h4-35H,1-3H3. The van der Waals surface area contributed by atoms with Crippen molar-refractivity contribution in [2.24, 2.45) is 0 Å². The Morgan fingerprint density at radius 1 is 0.354 bits per heavy atom. The minimum Gasteiger partial charge on any atom is -0.208 e. The largest absolute Gasteiger partial charge is 0.208 e. The van der Waals surface area contributed by atoms with Gasteiger partial charge in [0.2, 0.25) is 0 Å². The number of hydrogen-bond acceptors (Lipinski definition) is 4. The quantitative estimate of drug-likeness (QED) is 0.162. The maximum atomic E-state index is 5.29. The Hall–Kier alpha value is -7.79. The Kier molecular flexibility index (Phi) is 8.34. The van der Waals surface area contributed by atoms with Crippen LogP contribution in [0.1, 0.15) is 30.5 Å². The van der Waals surface area contributed by atoms with Crippen LogP contribution in [0, 0.1) is 6.92 Å². The molecule has 1 aliphatic rings. The molecule has 0 spiro atoms. The summed E-state index contributed by atoms with van der Waals surface area (Å²) in [7, 11) is 0. The van der Waals surface area contributed by atoms with E-state index >= 15 is 0 Å². The van der Waals surface area contributed by atoms with Crippen molar-refractivity contribution >= 4 is 63.8 Å². The van der Waals surface area contributed by atoms with Crippen molar-refractivity contribution < 1.29 is 0 Å². The zero-order valence-corrected chi connectivity index (χ0v) is 37.0. The van der Waals surface area contributed by atoms with E-state index in [1.807, 2.05) is 11.3 Å². The van der Waals surface area contributed by atoms with Crippen LogP contribution < -0.4 is 0 Å². The van der Waals surface area contributed by atoms with Crippen LogP contribution in [0.5, 0.6) is 0 Å². The monoisotopic (exact) mass is 847 g/mol. The molecule has 3 nitrogen and oxygen atoms in total. The van der Waals surface area contributed by atoms with Crippen LogP contribution in [0.25, 0.3) is 120 Å². The first-order chi connectivity index (χ1) is 31.8. The molecule has 0 fully saturated rings. The normalized spacial score (nSPS) is 13.0. The Labute approximate surface area is 381 Å². The number of benzene rings is 10. The van der Waals surface area contributed by atoms with Crippen LogP contribution in [0.2, 0.25) is 0 Å². The molecule has 0 atom stereocenters. The fourth-order valence-electron chi connectivity index (χ4n) is 10.4. The molecule has 0 amide bonds. The van der Waals surface area contributed by atoms with Crippen molar-refractivity contribution in [1.29, 1.82) is 0 Å². The lowest BCUT2D eigenvalue weighted by molar-refractivity contribution is 0.660. The van der Waals surface area contributed by atoms with Gasteiger partial charge in [0.15, 0.2) is 17.5 Å². The van der Waals surface area contributed by atoms with Gasteiger partial charge in [0, 0.05) is 42.3 Å². The number of fused-ring (bicyclic) bond motifs is 10. The van der Waals surface area contributed by atoms with Gasteiger partial charge in [-0.3, -0.25) is 0 Å². The molecule has 0 saturated heterocycles. The van der Waals surface area contributed by atoms with Gasteiger partial charge in [-0.05, 0) is 132 Å². The van der Waals surface area contributed by atoms with Crippen molar-refractivity contribution in [3.05, 3.63) is 211 Å². The third-order valence-electron chi connectivity index (χ3n) is 13.8. The van der Waals surface area contributed by atoms with E-state index in [2.05, 4.69) is 215 Å². The Morgan fingerprint density at radius 3 is 1.69 bits per heavy atom. The second kappa shape index (κ2) is 14.4. The van der Waals surface area contributed by atoms with Crippen LogP contribution in [-0.4, -0.2) is 15.0 Å². The van der Waals surface area contributed by atoms with E-state index in [0.717, 1.165) is 27.8 Å². The van der Waals surface area contributed by atoms with Gasteiger partial charge in [0.1, 0.15) is 0 Å². The maximum absolute atomic E-state index is 5.29. The molecule has 0 N–H and O–H groups in total. The maximum Gasteiger partial charge on any atom is 0.164 e. The predicted molar refractivity (Wildman–Crippen MR) is 275 cm³/mol. The van der Waals surface area contributed by atoms with Crippen molar-refractivity contribution in [1.82, 2.24) is 15.0 Å². The summed E-state index contributed by atoms with van der Waals surface area (Å²) < 4.78 is 2.49. The summed E-state index contributed by atoms with van der Waals surface area (Å²) in [4.78, 5) is 15.8. The van der Waals surface area contributed by atoms with Gasteiger partial charge < -0.3 is 0 Å². The minimum absolute atomic E-state index is 0.156. The lowest BCUT2D eigenvalue weighted by Gasteiger charge is -2.22. The van der Waals surface area contributed by atoms with E-state index < -0.39 is 0 Å². The highest BCUT2D eigenvalue weighted by Gasteiger charge is 2.36. The van der Waals surface area contributed by atoms with E-state index in [1.54, 1.807) is 0 Å². The zero-order valence-electron chi connectivity index (χ0n) is 36.2. The van der Waals surface area contributed by atoms with Crippen molar-refractivity contribution in [3.63, 3.8) is 0 Å². The average Bonchev–Trinajstić information content (AvgIpc) is 3.84. The summed E-state index contributed by atoms with van der Waals surface area (Å²) in [5.74, 6) is 1.97. The van der Waals surface area contributed by atoms with Crippen molar-refractivity contribution in [3.8, 4) is 67.5 Å². The summed E-state index contributed by atoms with van der Waals surface area (Å²) in [5.41, 5.74) is 14.0. The molecule has 2 aromatic heterocycles. The van der Waals surface area contributed by atoms with Crippen molar-refractivity contribution in [2.75, 3.05) is 0 Å². The summed E-state index contributed by atoms with van der Waals surface area (Å²) in [6.07, 6.45) is 0. The number of nitrogens with zero attached hydrogens (tertiary/aromatic N) is 3. The van der Waals surface area contributed by atoms with Gasteiger partial charge in [-0.25, -0.2) is 15.0 Å². The molecule has 65 heavy (non-hydrogen) atoms. The third kappa shape index (κ3) is 6.13. The number of rotatable bonds is 5. The first kappa shape index (κ1) is 37.7. The van der Waals surface area contributed by atoms with Crippen molar-refractivity contribution in [2.45, 2.75) is 26.2 Å². The molecule has 13 rings (SSSR count). The van der Waals surface area contributed by atoms with Gasteiger partial charge in [-0.2, -0.15) is 0 Å². The van der Waals surface area contributed by atoms with Crippen LogP contribution in [0.15, 0.2) is 194 Å². The Bertz CT molecular complexity index is 3950. The zero-order chi connectivity index (χ0) is 43.4. The number of hydrogen-bond donors (Lipinski definition) is 0. The minimum atomic E-state index is -0.156. The lowest BCUT2D eigenvalue weighted by Crippen LogP contribution is -2.15. The van der Waals surface area contributed by atoms with E-state index in [-0.39, 0.29) is 5.41 Å². The third-order valence-corrected chi connectivity index (χ3v) is 14.9. The lowest BCUT2D eigenvalue weighted by atomic mass is 9.82. The van der Waals surface area contributed by atoms with E-state index in [4.69, 9.17) is 15.0 Å². The van der Waals surface area contributed by atoms with Crippen LogP contribution in [0.4, 0.5) is 0 Å². The molecular weight excluding hydrogens is 807 g/mol. The summed E-state index contributed by atoms with van der Waals surface area (Å²) in [6, 6.07) is 70.8. The Morgan fingerprint density at radius 2 is 0.908 bits per heavy atom. The van der Waals surface area contributed by atoms with Crippen LogP contribution in [-0.2, 0) is 5.41 Å². The van der Waals surface area contributed by atoms with Gasteiger partial charge in [-0.15, -0.1) is 11.3 Å². The first-order valence-electron chi connectivity index (χ1n) is 22.3. The molecule has 1 aliphatic carbocycles. The fourth-order valence-corrected chi connectivity index (χ4v) is 11.5. The summed E-state index contributed by atoms with van der Waals surface area (Å²) >= 11 is 1.81. The number of aromatic nitrogens is 3. The van der Waals surface area contributed by atoms with Gasteiger partial charge in [0.05, 0.1) is 0 Å². The topological polar surface area (TPSA) is 38.7 Å². The average molecular weight is 848 g/mol. The molecular formula is C61H41N3S. The molecule has 0 unspecified atom stereocenters. The smallest absolute Gasteiger partial charge is 0.164 e. The fraction of sp³-hybridized carbons (Fsp3) is 0.0656. The highest BCUT2D eigenvalue weighted by Crippen LogP contribution is 2.51. The Balaban J connectivity index is 0.920. The summed E-state index contributed by atoms with van der Waals surface area (Å²) in [5, 5.41) is 9.99. The van der Waals surface area contributed by atoms with Gasteiger partial charge in [0.25, 0.3) is 0 Å². The number of aryl methyl sites for hydroxylation is 1. The van der Waals surface area contributed by atoms with Gasteiger partial charge in [-0.1, -0.05) is 166 Å². The molecule has 12 aromatic rings. The molecule has 4 heteroatoms. The molecule has 0 radical (unpaired) electrons.